The Balaban J connectivity index is 1.06. The molecular weight excluding hydrogens is 717 g/mol. The van der Waals surface area contributed by atoms with Crippen LogP contribution in [0.25, 0.3) is 22.4 Å². The molecule has 4 aromatic rings. The number of rotatable bonds is 7. The van der Waals surface area contributed by atoms with Crippen molar-refractivity contribution in [2.45, 2.75) is 52.8 Å². The van der Waals surface area contributed by atoms with Gasteiger partial charge in [-0.2, -0.15) is 0 Å². The van der Waals surface area contributed by atoms with Crippen molar-refractivity contribution in [2.24, 2.45) is 12.5 Å². The number of pyridine rings is 1. The van der Waals surface area contributed by atoms with E-state index in [1.54, 1.807) is 54.9 Å². The van der Waals surface area contributed by atoms with Crippen molar-refractivity contribution in [3.8, 4) is 28.1 Å². The van der Waals surface area contributed by atoms with Crippen LogP contribution in [-0.4, -0.2) is 92.6 Å². The molecule has 278 valence electrons. The highest BCUT2D eigenvalue weighted by atomic mass is 35.5. The van der Waals surface area contributed by atoms with E-state index >= 15 is 0 Å². The number of imidazole rings is 1. The molecular formula is C39H43Cl2N7O5. The van der Waals surface area contributed by atoms with Crippen LogP contribution in [0.4, 0.5) is 10.5 Å². The number of carbonyl (C=O) groups is 3. The van der Waals surface area contributed by atoms with Crippen LogP contribution in [0.2, 0.25) is 10.0 Å². The van der Waals surface area contributed by atoms with Crippen molar-refractivity contribution >= 4 is 46.8 Å². The summed E-state index contributed by atoms with van der Waals surface area (Å²) in [5.41, 5.74) is 5.25. The van der Waals surface area contributed by atoms with Crippen LogP contribution in [-0.2, 0) is 36.1 Å². The minimum atomic E-state index is -0.613. The van der Waals surface area contributed by atoms with Gasteiger partial charge in [0.05, 0.1) is 40.8 Å². The molecule has 0 radical (unpaired) electrons. The van der Waals surface area contributed by atoms with Crippen LogP contribution >= 0.6 is 23.2 Å². The summed E-state index contributed by atoms with van der Waals surface area (Å²) in [5, 5.41) is 3.65. The van der Waals surface area contributed by atoms with Crippen molar-refractivity contribution in [1.29, 1.82) is 0 Å². The topological polar surface area (TPSA) is 122 Å². The summed E-state index contributed by atoms with van der Waals surface area (Å²) in [6.07, 6.45) is 1.81. The number of benzene rings is 2. The third kappa shape index (κ3) is 7.19. The number of nitrogens with one attached hydrogen (secondary N) is 1. The summed E-state index contributed by atoms with van der Waals surface area (Å²) in [5.74, 6) is 0.652. The first-order chi connectivity index (χ1) is 25.1. The van der Waals surface area contributed by atoms with Crippen LogP contribution < -0.4 is 10.1 Å². The van der Waals surface area contributed by atoms with Gasteiger partial charge < -0.3 is 29.2 Å². The first kappa shape index (κ1) is 36.7. The predicted molar refractivity (Wildman–Crippen MR) is 203 cm³/mol. The molecule has 0 saturated carbocycles. The van der Waals surface area contributed by atoms with E-state index in [2.05, 4.69) is 20.2 Å². The van der Waals surface area contributed by atoms with Crippen molar-refractivity contribution in [1.82, 2.24) is 29.2 Å². The molecule has 1 N–H and O–H groups in total. The Morgan fingerprint density at radius 1 is 0.981 bits per heavy atom. The Labute approximate surface area is 319 Å². The molecule has 12 nitrogen and oxygen atoms in total. The Morgan fingerprint density at radius 3 is 2.42 bits per heavy atom. The second kappa shape index (κ2) is 14.0. The Bertz CT molecular complexity index is 2110. The van der Waals surface area contributed by atoms with E-state index in [0.29, 0.717) is 51.2 Å². The average molecular weight is 761 g/mol. The fourth-order valence-electron chi connectivity index (χ4n) is 7.54. The van der Waals surface area contributed by atoms with Gasteiger partial charge in [-0.05, 0) is 39.0 Å². The second-order valence-electron chi connectivity index (χ2n) is 15.2. The Kier molecular flexibility index (Phi) is 9.67. The van der Waals surface area contributed by atoms with Gasteiger partial charge in [0.15, 0.2) is 5.82 Å². The normalized spacial score (nSPS) is 16.5. The Hall–Kier alpha value is -4.65. The number of hydrogen-bond donors (Lipinski definition) is 1. The quantitative estimate of drug-likeness (QED) is 0.222. The lowest BCUT2D eigenvalue weighted by Gasteiger charge is -2.60. The van der Waals surface area contributed by atoms with E-state index in [9.17, 15) is 14.4 Å². The molecule has 5 heterocycles. The maximum atomic E-state index is 13.6. The molecule has 3 aliphatic rings. The summed E-state index contributed by atoms with van der Waals surface area (Å²) in [4.78, 5) is 53.0. The molecule has 3 aliphatic heterocycles. The fourth-order valence-corrected chi connectivity index (χ4v) is 8.14. The molecule has 53 heavy (non-hydrogen) atoms. The summed E-state index contributed by atoms with van der Waals surface area (Å²) in [7, 11) is 3.45. The number of ether oxygens (including phenoxy) is 2. The third-order valence-corrected chi connectivity index (χ3v) is 10.9. The number of nitrogens with zero attached hydrogens (tertiary/aromatic N) is 6. The Morgan fingerprint density at radius 2 is 1.72 bits per heavy atom. The molecule has 1 spiro atoms. The van der Waals surface area contributed by atoms with E-state index < -0.39 is 17.6 Å². The average Bonchev–Trinajstić information content (AvgIpc) is 3.41. The standard InChI is InChI=1S/C39H43Cl2N7O5/c1-23(49)48-21-39(22-48)19-46(20-39)17-25-11-10-24(16-31(25)52-6)34-33(41)27(12-14-42-34)26-8-7-9-28(32(26)40)44-36(50)35-43-29-18-47(15-13-30(29)45(35)5)37(51)53-38(2,3)4/h7-12,14,16H,13,15,17-22H2,1-6H3,(H,44,50). The zero-order valence-corrected chi connectivity index (χ0v) is 32.3. The molecule has 14 heteroatoms. The zero-order valence-electron chi connectivity index (χ0n) is 30.8. The van der Waals surface area contributed by atoms with Gasteiger partial charge in [0, 0.05) is 99.2 Å². The highest BCUT2D eigenvalue weighted by Crippen LogP contribution is 2.43. The second-order valence-corrected chi connectivity index (χ2v) is 16.0. The SMILES string of the molecule is COc1cc(-c2nccc(-c3cccc(NC(=O)c4nc5c(n4C)CCN(C(=O)OC(C)(C)C)C5)c3Cl)c2Cl)ccc1CN1CC2(C1)CN(C(C)=O)C2. The van der Waals surface area contributed by atoms with Crippen LogP contribution in [0.5, 0.6) is 5.75 Å². The highest BCUT2D eigenvalue weighted by Gasteiger charge is 2.52. The van der Waals surface area contributed by atoms with Crippen molar-refractivity contribution in [3.05, 3.63) is 81.5 Å². The molecule has 2 aromatic carbocycles. The zero-order chi connectivity index (χ0) is 37.8. The molecule has 2 saturated heterocycles. The summed E-state index contributed by atoms with van der Waals surface area (Å²) < 4.78 is 13.1. The van der Waals surface area contributed by atoms with Gasteiger partial charge in [0.2, 0.25) is 5.91 Å². The summed E-state index contributed by atoms with van der Waals surface area (Å²) in [6, 6.07) is 13.1. The third-order valence-electron chi connectivity index (χ3n) is 10.1. The molecule has 2 aromatic heterocycles. The smallest absolute Gasteiger partial charge is 0.410 e. The molecule has 3 amide bonds. The van der Waals surface area contributed by atoms with Crippen LogP contribution in [0.1, 0.15) is 55.3 Å². The van der Waals surface area contributed by atoms with E-state index in [1.807, 2.05) is 49.9 Å². The lowest BCUT2D eigenvalue weighted by molar-refractivity contribution is -0.157. The van der Waals surface area contributed by atoms with Gasteiger partial charge >= 0.3 is 6.09 Å². The monoisotopic (exact) mass is 759 g/mol. The van der Waals surface area contributed by atoms with E-state index in [1.165, 1.54) is 0 Å². The molecule has 0 aliphatic carbocycles. The van der Waals surface area contributed by atoms with Crippen molar-refractivity contribution < 1.29 is 23.9 Å². The number of methoxy groups -OCH3 is 1. The molecule has 7 rings (SSSR count). The molecule has 0 atom stereocenters. The highest BCUT2D eigenvalue weighted by molar-refractivity contribution is 6.39. The number of halogens is 2. The van der Waals surface area contributed by atoms with E-state index in [0.717, 1.165) is 55.3 Å². The lowest BCUT2D eigenvalue weighted by Crippen LogP contribution is -2.72. The lowest BCUT2D eigenvalue weighted by atomic mass is 9.72. The van der Waals surface area contributed by atoms with Gasteiger partial charge in [0.25, 0.3) is 5.91 Å². The number of likely N-dealkylation sites (tertiary alicyclic amines) is 2. The summed E-state index contributed by atoms with van der Waals surface area (Å²) in [6.45, 7) is 12.1. The number of hydrogen-bond acceptors (Lipinski definition) is 8. The van der Waals surface area contributed by atoms with Gasteiger partial charge in [-0.1, -0.05) is 47.5 Å². The van der Waals surface area contributed by atoms with Gasteiger partial charge in [-0.15, -0.1) is 0 Å². The number of anilines is 1. The summed E-state index contributed by atoms with van der Waals surface area (Å²) >= 11 is 14.0. The predicted octanol–water partition coefficient (Wildman–Crippen LogP) is 6.67. The maximum Gasteiger partial charge on any atom is 0.410 e. The maximum absolute atomic E-state index is 13.6. The number of fused-ring (bicyclic) bond motifs is 1. The number of amides is 3. The van der Waals surface area contributed by atoms with Crippen LogP contribution in [0.15, 0.2) is 48.7 Å². The van der Waals surface area contributed by atoms with E-state index in [4.69, 9.17) is 32.7 Å². The minimum absolute atomic E-state index is 0.139. The first-order valence-corrected chi connectivity index (χ1v) is 18.3. The molecule has 0 unspecified atom stereocenters. The van der Waals surface area contributed by atoms with Gasteiger partial charge in [-0.3, -0.25) is 19.5 Å². The van der Waals surface area contributed by atoms with Crippen LogP contribution in [0.3, 0.4) is 0 Å². The van der Waals surface area contributed by atoms with Gasteiger partial charge in [-0.25, -0.2) is 9.78 Å². The largest absolute Gasteiger partial charge is 0.496 e. The van der Waals surface area contributed by atoms with Crippen molar-refractivity contribution in [3.63, 3.8) is 0 Å². The first-order valence-electron chi connectivity index (χ1n) is 17.6. The molecule has 2 fully saturated rings. The number of carbonyl (C=O) groups excluding carboxylic acids is 3. The van der Waals surface area contributed by atoms with E-state index in [-0.39, 0.29) is 23.7 Å². The van der Waals surface area contributed by atoms with Crippen molar-refractivity contribution in [2.75, 3.05) is 45.2 Å². The van der Waals surface area contributed by atoms with Crippen LogP contribution in [0, 0.1) is 5.41 Å². The molecule has 0 bridgehead atoms. The number of aromatic nitrogens is 3. The fraction of sp³-hybridized carbons (Fsp3) is 0.410. The van der Waals surface area contributed by atoms with Gasteiger partial charge in [0.1, 0.15) is 11.4 Å². The minimum Gasteiger partial charge on any atom is -0.496 e.